The Kier molecular flexibility index (Phi) is 4.52. The number of hydrogen-bond acceptors (Lipinski definition) is 4. The summed E-state index contributed by atoms with van der Waals surface area (Å²) >= 11 is 0. The monoisotopic (exact) mass is 260 g/mol. The third-order valence-corrected chi connectivity index (χ3v) is 3.08. The molecule has 1 N–H and O–H groups in total. The summed E-state index contributed by atoms with van der Waals surface area (Å²) in [5, 5.41) is 7.74. The number of nitrogens with one attached hydrogen (secondary N) is 1. The molecule has 0 spiro atoms. The smallest absolute Gasteiger partial charge is 0.164 e. The molecule has 5 heteroatoms. The van der Waals surface area contributed by atoms with Gasteiger partial charge in [0, 0.05) is 18.7 Å². The van der Waals surface area contributed by atoms with Crippen LogP contribution < -0.4 is 10.1 Å². The van der Waals surface area contributed by atoms with E-state index in [2.05, 4.69) is 28.4 Å². The Morgan fingerprint density at radius 1 is 1.37 bits per heavy atom. The number of aryl methyl sites for hydroxylation is 1. The molecule has 1 aromatic heterocycles. The van der Waals surface area contributed by atoms with Gasteiger partial charge in [0.2, 0.25) is 0 Å². The van der Waals surface area contributed by atoms with Crippen molar-refractivity contribution >= 4 is 0 Å². The van der Waals surface area contributed by atoms with Crippen LogP contribution in [0.2, 0.25) is 0 Å². The predicted octanol–water partition coefficient (Wildman–Crippen LogP) is 2.06. The summed E-state index contributed by atoms with van der Waals surface area (Å²) < 4.78 is 7.12. The van der Waals surface area contributed by atoms with Gasteiger partial charge in [0.15, 0.2) is 5.82 Å². The molecule has 1 unspecified atom stereocenters. The Balaban J connectivity index is 2.07. The molecule has 102 valence electrons. The fourth-order valence-electron chi connectivity index (χ4n) is 2.11. The largest absolute Gasteiger partial charge is 0.496 e. The number of methoxy groups -OCH3 is 1. The second-order valence-corrected chi connectivity index (χ2v) is 4.42. The summed E-state index contributed by atoms with van der Waals surface area (Å²) in [7, 11) is 3.57. The Hall–Kier alpha value is -1.88. The number of rotatable bonds is 6. The maximum Gasteiger partial charge on any atom is 0.164 e. The van der Waals surface area contributed by atoms with Gasteiger partial charge in [-0.3, -0.25) is 4.68 Å². The van der Waals surface area contributed by atoms with Crippen LogP contribution in [0.3, 0.4) is 0 Å². The van der Waals surface area contributed by atoms with Crippen LogP contribution in [0.5, 0.6) is 5.75 Å². The summed E-state index contributed by atoms with van der Waals surface area (Å²) in [6, 6.07) is 8.32. The molecule has 0 radical (unpaired) electrons. The van der Waals surface area contributed by atoms with Crippen molar-refractivity contribution in [2.24, 2.45) is 7.05 Å². The Morgan fingerprint density at radius 3 is 2.79 bits per heavy atom. The van der Waals surface area contributed by atoms with E-state index < -0.39 is 0 Å². The van der Waals surface area contributed by atoms with E-state index in [1.807, 2.05) is 25.2 Å². The average molecular weight is 260 g/mol. The van der Waals surface area contributed by atoms with E-state index in [4.69, 9.17) is 4.74 Å². The maximum atomic E-state index is 5.41. The molecule has 19 heavy (non-hydrogen) atoms. The van der Waals surface area contributed by atoms with Crippen molar-refractivity contribution < 1.29 is 4.74 Å². The summed E-state index contributed by atoms with van der Waals surface area (Å²) in [6.45, 7) is 2.80. The van der Waals surface area contributed by atoms with E-state index in [0.29, 0.717) is 6.54 Å². The van der Waals surface area contributed by atoms with E-state index in [-0.39, 0.29) is 6.04 Å². The minimum atomic E-state index is 0.236. The lowest BCUT2D eigenvalue weighted by Gasteiger charge is -2.19. The van der Waals surface area contributed by atoms with Gasteiger partial charge < -0.3 is 10.1 Å². The lowest BCUT2D eigenvalue weighted by atomic mass is 10.0. The molecular formula is C14H20N4O. The second-order valence-electron chi connectivity index (χ2n) is 4.42. The third-order valence-electron chi connectivity index (χ3n) is 3.08. The minimum absolute atomic E-state index is 0.236. The van der Waals surface area contributed by atoms with Crippen LogP contribution >= 0.6 is 0 Å². The van der Waals surface area contributed by atoms with Crippen LogP contribution in [-0.2, 0) is 13.6 Å². The molecule has 0 aliphatic heterocycles. The molecule has 0 aliphatic rings. The number of para-hydroxylation sites is 1. The van der Waals surface area contributed by atoms with Crippen molar-refractivity contribution in [2.75, 3.05) is 7.11 Å². The highest BCUT2D eigenvalue weighted by Gasteiger charge is 2.14. The quantitative estimate of drug-likeness (QED) is 0.864. The molecule has 1 heterocycles. The van der Waals surface area contributed by atoms with Crippen molar-refractivity contribution in [1.82, 2.24) is 20.1 Å². The molecule has 1 aromatic carbocycles. The first-order valence-electron chi connectivity index (χ1n) is 6.45. The average Bonchev–Trinajstić information content (AvgIpc) is 2.86. The van der Waals surface area contributed by atoms with Crippen LogP contribution in [0.4, 0.5) is 0 Å². The van der Waals surface area contributed by atoms with E-state index in [1.165, 1.54) is 5.56 Å². The molecular weight excluding hydrogens is 240 g/mol. The zero-order valence-corrected chi connectivity index (χ0v) is 11.6. The number of ether oxygens (including phenoxy) is 1. The topological polar surface area (TPSA) is 52.0 Å². The van der Waals surface area contributed by atoms with Crippen LogP contribution in [0, 0.1) is 0 Å². The fraction of sp³-hybridized carbons (Fsp3) is 0.429. The van der Waals surface area contributed by atoms with E-state index in [0.717, 1.165) is 18.0 Å². The van der Waals surface area contributed by atoms with Gasteiger partial charge in [0.05, 0.1) is 13.7 Å². The standard InChI is InChI=1S/C14H20N4O/c1-4-12(11-7-5-6-8-13(11)19-3)15-9-14-16-10-18(2)17-14/h5-8,10,12,15H,4,9H2,1-3H3. The zero-order valence-electron chi connectivity index (χ0n) is 11.6. The Morgan fingerprint density at radius 2 is 2.16 bits per heavy atom. The first-order valence-corrected chi connectivity index (χ1v) is 6.45. The molecule has 5 nitrogen and oxygen atoms in total. The van der Waals surface area contributed by atoms with Crippen LogP contribution in [0.1, 0.15) is 30.8 Å². The van der Waals surface area contributed by atoms with Crippen molar-refractivity contribution in [2.45, 2.75) is 25.9 Å². The minimum Gasteiger partial charge on any atom is -0.496 e. The molecule has 0 aliphatic carbocycles. The van der Waals surface area contributed by atoms with Crippen LogP contribution in [-0.4, -0.2) is 21.9 Å². The van der Waals surface area contributed by atoms with Gasteiger partial charge >= 0.3 is 0 Å². The van der Waals surface area contributed by atoms with Crippen molar-refractivity contribution in [3.8, 4) is 5.75 Å². The van der Waals surface area contributed by atoms with Crippen molar-refractivity contribution in [3.05, 3.63) is 42.0 Å². The Bertz CT molecular complexity index is 524. The maximum absolute atomic E-state index is 5.41. The summed E-state index contributed by atoms with van der Waals surface area (Å²) in [5.41, 5.74) is 1.17. The van der Waals surface area contributed by atoms with Gasteiger partial charge in [-0.2, -0.15) is 5.10 Å². The summed E-state index contributed by atoms with van der Waals surface area (Å²) in [6.07, 6.45) is 2.69. The predicted molar refractivity (Wildman–Crippen MR) is 73.9 cm³/mol. The Labute approximate surface area is 113 Å². The molecule has 0 amide bonds. The van der Waals surface area contributed by atoms with Gasteiger partial charge in [-0.1, -0.05) is 25.1 Å². The highest BCUT2D eigenvalue weighted by Crippen LogP contribution is 2.26. The van der Waals surface area contributed by atoms with Crippen molar-refractivity contribution in [1.29, 1.82) is 0 Å². The van der Waals surface area contributed by atoms with E-state index in [1.54, 1.807) is 18.1 Å². The van der Waals surface area contributed by atoms with Gasteiger partial charge in [-0.25, -0.2) is 4.98 Å². The lowest BCUT2D eigenvalue weighted by Crippen LogP contribution is -2.21. The molecule has 0 saturated carbocycles. The van der Waals surface area contributed by atoms with Gasteiger partial charge in [0.1, 0.15) is 12.1 Å². The fourth-order valence-corrected chi connectivity index (χ4v) is 2.11. The first kappa shape index (κ1) is 13.5. The van der Waals surface area contributed by atoms with Gasteiger partial charge in [-0.15, -0.1) is 0 Å². The lowest BCUT2D eigenvalue weighted by molar-refractivity contribution is 0.395. The number of nitrogens with zero attached hydrogens (tertiary/aromatic N) is 3. The van der Waals surface area contributed by atoms with Crippen molar-refractivity contribution in [3.63, 3.8) is 0 Å². The molecule has 2 rings (SSSR count). The van der Waals surface area contributed by atoms with Crippen LogP contribution in [0.15, 0.2) is 30.6 Å². The third kappa shape index (κ3) is 3.32. The summed E-state index contributed by atoms with van der Waals surface area (Å²) in [4.78, 5) is 4.22. The SMILES string of the molecule is CCC(NCc1ncn(C)n1)c1ccccc1OC. The number of hydrogen-bond donors (Lipinski definition) is 1. The normalized spacial score (nSPS) is 12.4. The number of benzene rings is 1. The van der Waals surface area contributed by atoms with Crippen LogP contribution in [0.25, 0.3) is 0 Å². The first-order chi connectivity index (χ1) is 9.24. The van der Waals surface area contributed by atoms with E-state index >= 15 is 0 Å². The molecule has 0 bridgehead atoms. The molecule has 0 fully saturated rings. The highest BCUT2D eigenvalue weighted by atomic mass is 16.5. The number of aromatic nitrogens is 3. The highest BCUT2D eigenvalue weighted by molar-refractivity contribution is 5.35. The molecule has 1 atom stereocenters. The summed E-state index contributed by atoms with van der Waals surface area (Å²) in [5.74, 6) is 1.71. The molecule has 2 aromatic rings. The molecule has 0 saturated heterocycles. The zero-order chi connectivity index (χ0) is 13.7. The van der Waals surface area contributed by atoms with E-state index in [9.17, 15) is 0 Å². The second kappa shape index (κ2) is 6.33. The van der Waals surface area contributed by atoms with Gasteiger partial charge in [-0.05, 0) is 12.5 Å². The van der Waals surface area contributed by atoms with Gasteiger partial charge in [0.25, 0.3) is 0 Å².